The first kappa shape index (κ1) is 10.1. The van der Waals surface area contributed by atoms with Gasteiger partial charge in [0, 0.05) is 4.90 Å². The van der Waals surface area contributed by atoms with Crippen molar-refractivity contribution < 1.29 is 0 Å². The van der Waals surface area contributed by atoms with Crippen molar-refractivity contribution in [1.82, 2.24) is 0 Å². The largest absolute Gasteiger partial charge is 0.197 e. The fraction of sp³-hybridized carbons (Fsp3) is 0.154. The molecule has 0 saturated carbocycles. The minimum atomic E-state index is 0.00571. The number of rotatable bonds is 2. The third-order valence-corrected chi connectivity index (χ3v) is 3.20. The standard InChI is InChI=1S/C13H11NS/c1-10(9-14)15-13-7-6-11-4-2-3-5-12(11)8-13/h2-8,10H,1H3/t10-/m1/s1. The Bertz CT molecular complexity index is 513. The molecule has 0 fully saturated rings. The van der Waals surface area contributed by atoms with Gasteiger partial charge in [-0.25, -0.2) is 0 Å². The van der Waals surface area contributed by atoms with Crippen LogP contribution in [0.3, 0.4) is 0 Å². The summed E-state index contributed by atoms with van der Waals surface area (Å²) in [5.41, 5.74) is 0. The van der Waals surface area contributed by atoms with Gasteiger partial charge in [0.25, 0.3) is 0 Å². The summed E-state index contributed by atoms with van der Waals surface area (Å²) in [6, 6.07) is 16.8. The van der Waals surface area contributed by atoms with Crippen LogP contribution >= 0.6 is 11.8 Å². The highest BCUT2D eigenvalue weighted by Gasteiger charge is 2.02. The summed E-state index contributed by atoms with van der Waals surface area (Å²) in [5.74, 6) is 0. The van der Waals surface area contributed by atoms with Crippen LogP contribution in [-0.4, -0.2) is 5.25 Å². The molecule has 0 aliphatic heterocycles. The number of hydrogen-bond acceptors (Lipinski definition) is 2. The van der Waals surface area contributed by atoms with E-state index >= 15 is 0 Å². The molecule has 0 heterocycles. The Labute approximate surface area is 93.7 Å². The van der Waals surface area contributed by atoms with Gasteiger partial charge in [0.15, 0.2) is 0 Å². The van der Waals surface area contributed by atoms with E-state index < -0.39 is 0 Å². The van der Waals surface area contributed by atoms with Crippen molar-refractivity contribution >= 4 is 22.5 Å². The Morgan fingerprint density at radius 2 is 1.87 bits per heavy atom. The van der Waals surface area contributed by atoms with Crippen molar-refractivity contribution in [3.63, 3.8) is 0 Å². The fourth-order valence-electron chi connectivity index (χ4n) is 1.47. The molecule has 0 saturated heterocycles. The predicted molar refractivity (Wildman–Crippen MR) is 64.9 cm³/mol. The van der Waals surface area contributed by atoms with Crippen LogP contribution in [0.4, 0.5) is 0 Å². The van der Waals surface area contributed by atoms with Crippen molar-refractivity contribution in [3.8, 4) is 6.07 Å². The normalized spacial score (nSPS) is 12.3. The molecule has 0 amide bonds. The molecule has 0 N–H and O–H groups in total. The van der Waals surface area contributed by atoms with E-state index in [9.17, 15) is 0 Å². The van der Waals surface area contributed by atoms with Crippen molar-refractivity contribution in [2.75, 3.05) is 0 Å². The third kappa shape index (κ3) is 2.31. The number of nitriles is 1. The van der Waals surface area contributed by atoms with Crippen molar-refractivity contribution in [2.45, 2.75) is 17.1 Å². The van der Waals surface area contributed by atoms with Gasteiger partial charge in [0.05, 0.1) is 11.3 Å². The van der Waals surface area contributed by atoms with Crippen LogP contribution in [0, 0.1) is 11.3 Å². The molecule has 0 aromatic heterocycles. The lowest BCUT2D eigenvalue weighted by Crippen LogP contribution is -1.88. The lowest BCUT2D eigenvalue weighted by atomic mass is 10.1. The van der Waals surface area contributed by atoms with Gasteiger partial charge in [-0.2, -0.15) is 5.26 Å². The van der Waals surface area contributed by atoms with E-state index in [1.807, 2.05) is 19.1 Å². The quantitative estimate of drug-likeness (QED) is 0.708. The molecule has 1 nitrogen and oxygen atoms in total. The molecule has 0 unspecified atom stereocenters. The van der Waals surface area contributed by atoms with Gasteiger partial charge in [-0.05, 0) is 29.8 Å². The third-order valence-electron chi connectivity index (χ3n) is 2.22. The predicted octanol–water partition coefficient (Wildman–Crippen LogP) is 3.84. The zero-order chi connectivity index (χ0) is 10.7. The zero-order valence-corrected chi connectivity index (χ0v) is 9.29. The molecule has 2 rings (SSSR count). The number of fused-ring (bicyclic) bond motifs is 1. The number of benzene rings is 2. The lowest BCUT2D eigenvalue weighted by molar-refractivity contribution is 1.23. The van der Waals surface area contributed by atoms with Crippen molar-refractivity contribution in [2.24, 2.45) is 0 Å². The molecule has 0 aliphatic rings. The molecule has 0 spiro atoms. The van der Waals surface area contributed by atoms with Gasteiger partial charge in [0.2, 0.25) is 0 Å². The van der Waals surface area contributed by atoms with Gasteiger partial charge in [-0.1, -0.05) is 30.3 Å². The lowest BCUT2D eigenvalue weighted by Gasteiger charge is -2.04. The second kappa shape index (κ2) is 4.37. The fourth-order valence-corrected chi connectivity index (χ4v) is 2.27. The number of nitrogens with zero attached hydrogens (tertiary/aromatic N) is 1. The Hall–Kier alpha value is -1.46. The summed E-state index contributed by atoms with van der Waals surface area (Å²) in [7, 11) is 0. The smallest absolute Gasteiger partial charge is 0.0935 e. The van der Waals surface area contributed by atoms with Crippen LogP contribution in [0.25, 0.3) is 10.8 Å². The van der Waals surface area contributed by atoms with Gasteiger partial charge >= 0.3 is 0 Å². The summed E-state index contributed by atoms with van der Waals surface area (Å²) in [5, 5.41) is 11.2. The molecule has 2 aromatic carbocycles. The Morgan fingerprint density at radius 3 is 2.60 bits per heavy atom. The monoisotopic (exact) mass is 213 g/mol. The topological polar surface area (TPSA) is 23.8 Å². The Balaban J connectivity index is 2.35. The first-order valence-corrected chi connectivity index (χ1v) is 5.72. The Kier molecular flexibility index (Phi) is 2.94. The minimum Gasteiger partial charge on any atom is -0.197 e. The van der Waals surface area contributed by atoms with Crippen LogP contribution in [0.2, 0.25) is 0 Å². The highest BCUT2D eigenvalue weighted by atomic mass is 32.2. The first-order valence-electron chi connectivity index (χ1n) is 4.84. The number of hydrogen-bond donors (Lipinski definition) is 0. The van der Waals surface area contributed by atoms with Crippen LogP contribution in [-0.2, 0) is 0 Å². The van der Waals surface area contributed by atoms with Crippen LogP contribution in [0.15, 0.2) is 47.4 Å². The molecule has 0 bridgehead atoms. The highest BCUT2D eigenvalue weighted by molar-refractivity contribution is 8.00. The average Bonchev–Trinajstić information content (AvgIpc) is 2.29. The molecule has 0 radical (unpaired) electrons. The van der Waals surface area contributed by atoms with Gasteiger partial charge < -0.3 is 0 Å². The van der Waals surface area contributed by atoms with Crippen molar-refractivity contribution in [3.05, 3.63) is 42.5 Å². The summed E-state index contributed by atoms with van der Waals surface area (Å²) < 4.78 is 0. The van der Waals surface area contributed by atoms with E-state index in [1.54, 1.807) is 11.8 Å². The van der Waals surface area contributed by atoms with E-state index in [1.165, 1.54) is 10.8 Å². The van der Waals surface area contributed by atoms with E-state index in [0.29, 0.717) is 0 Å². The summed E-state index contributed by atoms with van der Waals surface area (Å²) in [6.45, 7) is 1.92. The van der Waals surface area contributed by atoms with Gasteiger partial charge in [-0.3, -0.25) is 0 Å². The molecule has 2 heteroatoms. The van der Waals surface area contributed by atoms with Crippen LogP contribution in [0.1, 0.15) is 6.92 Å². The number of thioether (sulfide) groups is 1. The van der Waals surface area contributed by atoms with E-state index in [2.05, 4.69) is 36.4 Å². The first-order chi connectivity index (χ1) is 7.29. The molecular weight excluding hydrogens is 202 g/mol. The summed E-state index contributed by atoms with van der Waals surface area (Å²) >= 11 is 1.60. The maximum atomic E-state index is 8.74. The minimum absolute atomic E-state index is 0.00571. The van der Waals surface area contributed by atoms with E-state index in [-0.39, 0.29) is 5.25 Å². The van der Waals surface area contributed by atoms with Gasteiger partial charge in [-0.15, -0.1) is 11.8 Å². The SMILES string of the molecule is C[C@H](C#N)Sc1ccc2ccccc2c1. The molecular formula is C13H11NS. The molecule has 74 valence electrons. The van der Waals surface area contributed by atoms with Crippen LogP contribution < -0.4 is 0 Å². The van der Waals surface area contributed by atoms with Crippen LogP contribution in [0.5, 0.6) is 0 Å². The molecule has 15 heavy (non-hydrogen) atoms. The summed E-state index contributed by atoms with van der Waals surface area (Å²) in [4.78, 5) is 1.16. The molecule has 1 atom stereocenters. The van der Waals surface area contributed by atoms with E-state index in [0.717, 1.165) is 4.90 Å². The maximum absolute atomic E-state index is 8.74. The highest BCUT2D eigenvalue weighted by Crippen LogP contribution is 2.26. The second-order valence-electron chi connectivity index (χ2n) is 3.40. The Morgan fingerprint density at radius 1 is 1.13 bits per heavy atom. The second-order valence-corrected chi connectivity index (χ2v) is 4.81. The molecule has 0 aliphatic carbocycles. The average molecular weight is 213 g/mol. The molecule has 2 aromatic rings. The van der Waals surface area contributed by atoms with Crippen molar-refractivity contribution in [1.29, 1.82) is 5.26 Å². The van der Waals surface area contributed by atoms with Gasteiger partial charge in [0.1, 0.15) is 0 Å². The van der Waals surface area contributed by atoms with E-state index in [4.69, 9.17) is 5.26 Å². The maximum Gasteiger partial charge on any atom is 0.0935 e. The zero-order valence-electron chi connectivity index (χ0n) is 8.47. The summed E-state index contributed by atoms with van der Waals surface area (Å²) in [6.07, 6.45) is 0.